The highest BCUT2D eigenvalue weighted by Gasteiger charge is 2.14. The fourth-order valence-corrected chi connectivity index (χ4v) is 3.51. The average Bonchev–Trinajstić information content (AvgIpc) is 2.76. The molecule has 0 saturated heterocycles. The number of benzene rings is 3. The average molecular weight is 402 g/mol. The van der Waals surface area contributed by atoms with Gasteiger partial charge < -0.3 is 14.7 Å². The van der Waals surface area contributed by atoms with Crippen LogP contribution in [0.4, 0.5) is 0 Å². The fourth-order valence-electron chi connectivity index (χ4n) is 3.51. The molecule has 156 valence electrons. The van der Waals surface area contributed by atoms with E-state index in [-0.39, 0.29) is 5.75 Å². The van der Waals surface area contributed by atoms with Crippen molar-refractivity contribution in [1.29, 1.82) is 0 Å². The van der Waals surface area contributed by atoms with Crippen LogP contribution in [0.25, 0.3) is 11.1 Å². The summed E-state index contributed by atoms with van der Waals surface area (Å²) >= 11 is 0. The molecule has 0 atom stereocenters. The Kier molecular flexibility index (Phi) is 7.69. The van der Waals surface area contributed by atoms with E-state index >= 15 is 0 Å². The Morgan fingerprint density at radius 1 is 0.800 bits per heavy atom. The standard InChI is InChI=1S/C27H31NO2/c1-4-8-26(21-9-6-5-7-10-21)27(22-11-15-24(29)16-12-22)23-13-17-25(18-14-23)30-20-19-28(2)3/h5-7,9-18,29H,4,8,19-20H2,1-3H3. The van der Waals surface area contributed by atoms with Gasteiger partial charge in [0.2, 0.25) is 0 Å². The van der Waals surface area contributed by atoms with Crippen LogP contribution in [0.5, 0.6) is 11.5 Å². The van der Waals surface area contributed by atoms with Gasteiger partial charge in [-0.05, 0) is 72.6 Å². The second-order valence-corrected chi connectivity index (χ2v) is 7.69. The second kappa shape index (κ2) is 10.7. The van der Waals surface area contributed by atoms with Gasteiger partial charge in [0.25, 0.3) is 0 Å². The number of likely N-dealkylation sites (N-methyl/N-ethyl adjacent to an activating group) is 1. The third-order valence-electron chi connectivity index (χ3n) is 5.03. The molecular formula is C27H31NO2. The van der Waals surface area contributed by atoms with E-state index in [1.54, 1.807) is 12.1 Å². The lowest BCUT2D eigenvalue weighted by atomic mass is 9.87. The summed E-state index contributed by atoms with van der Waals surface area (Å²) in [7, 11) is 4.08. The molecule has 3 rings (SSSR count). The minimum absolute atomic E-state index is 0.277. The van der Waals surface area contributed by atoms with Crippen molar-refractivity contribution < 1.29 is 9.84 Å². The second-order valence-electron chi connectivity index (χ2n) is 7.69. The minimum atomic E-state index is 0.277. The van der Waals surface area contributed by atoms with Crippen LogP contribution in [-0.4, -0.2) is 37.3 Å². The molecule has 1 N–H and O–H groups in total. The summed E-state index contributed by atoms with van der Waals surface area (Å²) in [6.45, 7) is 3.76. The van der Waals surface area contributed by atoms with E-state index in [0.29, 0.717) is 6.61 Å². The number of allylic oxidation sites excluding steroid dienone is 1. The predicted octanol–water partition coefficient (Wildman–Crippen LogP) is 6.09. The highest BCUT2D eigenvalue weighted by molar-refractivity contribution is 5.98. The van der Waals surface area contributed by atoms with Crippen molar-refractivity contribution in [2.75, 3.05) is 27.2 Å². The largest absolute Gasteiger partial charge is 0.508 e. The molecule has 0 fully saturated rings. The van der Waals surface area contributed by atoms with E-state index in [1.807, 2.05) is 44.4 Å². The van der Waals surface area contributed by atoms with Gasteiger partial charge in [-0.1, -0.05) is 67.9 Å². The third-order valence-corrected chi connectivity index (χ3v) is 5.03. The van der Waals surface area contributed by atoms with Crippen molar-refractivity contribution in [3.63, 3.8) is 0 Å². The summed E-state index contributed by atoms with van der Waals surface area (Å²) in [6.07, 6.45) is 2.03. The summed E-state index contributed by atoms with van der Waals surface area (Å²) in [5, 5.41) is 9.79. The summed E-state index contributed by atoms with van der Waals surface area (Å²) in [6, 6.07) is 26.4. The van der Waals surface area contributed by atoms with Crippen LogP contribution in [0.15, 0.2) is 78.9 Å². The molecule has 0 radical (unpaired) electrons. The van der Waals surface area contributed by atoms with E-state index < -0.39 is 0 Å². The van der Waals surface area contributed by atoms with Crippen molar-refractivity contribution in [2.45, 2.75) is 19.8 Å². The molecular weight excluding hydrogens is 370 g/mol. The molecule has 0 saturated carbocycles. The van der Waals surface area contributed by atoms with Gasteiger partial charge in [-0.3, -0.25) is 0 Å². The molecule has 3 heteroatoms. The van der Waals surface area contributed by atoms with Crippen molar-refractivity contribution in [3.8, 4) is 11.5 Å². The first kappa shape index (κ1) is 21.7. The molecule has 3 aromatic carbocycles. The minimum Gasteiger partial charge on any atom is -0.508 e. The highest BCUT2D eigenvalue weighted by Crippen LogP contribution is 2.36. The Bertz CT molecular complexity index is 942. The van der Waals surface area contributed by atoms with Crippen LogP contribution in [0.2, 0.25) is 0 Å². The number of aromatic hydroxyl groups is 1. The van der Waals surface area contributed by atoms with Gasteiger partial charge in [-0.2, -0.15) is 0 Å². The van der Waals surface area contributed by atoms with E-state index in [9.17, 15) is 5.11 Å². The first-order valence-electron chi connectivity index (χ1n) is 10.5. The number of ether oxygens (including phenoxy) is 1. The van der Waals surface area contributed by atoms with Gasteiger partial charge in [0.15, 0.2) is 0 Å². The fraction of sp³-hybridized carbons (Fsp3) is 0.259. The number of phenolic OH excluding ortho intramolecular Hbond substituents is 1. The number of hydrogen-bond donors (Lipinski definition) is 1. The zero-order valence-electron chi connectivity index (χ0n) is 18.1. The van der Waals surface area contributed by atoms with Crippen LogP contribution in [0, 0.1) is 0 Å². The Balaban J connectivity index is 2.04. The number of phenols is 1. The van der Waals surface area contributed by atoms with Gasteiger partial charge in [0.05, 0.1) is 0 Å². The Morgan fingerprint density at radius 3 is 1.97 bits per heavy atom. The molecule has 0 aliphatic heterocycles. The van der Waals surface area contributed by atoms with Crippen molar-refractivity contribution in [1.82, 2.24) is 4.90 Å². The summed E-state index contributed by atoms with van der Waals surface area (Å²) in [5.41, 5.74) is 5.98. The number of rotatable bonds is 9. The Morgan fingerprint density at radius 2 is 1.40 bits per heavy atom. The molecule has 3 aromatic rings. The summed E-state index contributed by atoms with van der Waals surface area (Å²) < 4.78 is 5.87. The van der Waals surface area contributed by atoms with Gasteiger partial charge >= 0.3 is 0 Å². The molecule has 0 aliphatic carbocycles. The maximum Gasteiger partial charge on any atom is 0.119 e. The Labute approximate surface area is 180 Å². The highest BCUT2D eigenvalue weighted by atomic mass is 16.5. The topological polar surface area (TPSA) is 32.7 Å². The zero-order chi connectivity index (χ0) is 21.3. The first-order valence-corrected chi connectivity index (χ1v) is 10.5. The normalized spacial score (nSPS) is 12.0. The quantitative estimate of drug-likeness (QED) is 0.440. The predicted molar refractivity (Wildman–Crippen MR) is 126 cm³/mol. The number of nitrogens with zero attached hydrogens (tertiary/aromatic N) is 1. The Hall–Kier alpha value is -3.04. The van der Waals surface area contributed by atoms with E-state index in [0.717, 1.165) is 36.3 Å². The molecule has 0 unspecified atom stereocenters. The van der Waals surface area contributed by atoms with Crippen LogP contribution in [0.3, 0.4) is 0 Å². The molecule has 0 amide bonds. The molecule has 0 heterocycles. The lowest BCUT2D eigenvalue weighted by Gasteiger charge is -2.18. The van der Waals surface area contributed by atoms with Gasteiger partial charge in [0.1, 0.15) is 18.1 Å². The maximum atomic E-state index is 9.79. The lowest BCUT2D eigenvalue weighted by Crippen LogP contribution is -2.19. The monoisotopic (exact) mass is 401 g/mol. The van der Waals surface area contributed by atoms with E-state index in [4.69, 9.17) is 4.74 Å². The van der Waals surface area contributed by atoms with Gasteiger partial charge in [-0.15, -0.1) is 0 Å². The molecule has 3 nitrogen and oxygen atoms in total. The van der Waals surface area contributed by atoms with Gasteiger partial charge in [-0.25, -0.2) is 0 Å². The summed E-state index contributed by atoms with van der Waals surface area (Å²) in [4.78, 5) is 2.11. The SMILES string of the molecule is CCCC(=C(c1ccc(O)cc1)c1ccc(OCCN(C)C)cc1)c1ccccc1. The van der Waals surface area contributed by atoms with E-state index in [1.165, 1.54) is 16.7 Å². The number of hydrogen-bond acceptors (Lipinski definition) is 3. The molecule has 0 spiro atoms. The van der Waals surface area contributed by atoms with Gasteiger partial charge in [0, 0.05) is 6.54 Å². The first-order chi connectivity index (χ1) is 14.6. The van der Waals surface area contributed by atoms with Crippen molar-refractivity contribution in [3.05, 3.63) is 95.6 Å². The van der Waals surface area contributed by atoms with Crippen LogP contribution < -0.4 is 4.74 Å². The van der Waals surface area contributed by atoms with Crippen molar-refractivity contribution >= 4 is 11.1 Å². The molecule has 0 bridgehead atoms. The summed E-state index contributed by atoms with van der Waals surface area (Å²) in [5.74, 6) is 1.15. The molecule has 0 aliphatic rings. The smallest absolute Gasteiger partial charge is 0.119 e. The molecule has 0 aromatic heterocycles. The van der Waals surface area contributed by atoms with Crippen molar-refractivity contribution in [2.24, 2.45) is 0 Å². The zero-order valence-corrected chi connectivity index (χ0v) is 18.1. The van der Waals surface area contributed by atoms with Crippen LogP contribution >= 0.6 is 0 Å². The van der Waals surface area contributed by atoms with Crippen LogP contribution in [0.1, 0.15) is 36.5 Å². The van der Waals surface area contributed by atoms with E-state index in [2.05, 4.69) is 48.2 Å². The maximum absolute atomic E-state index is 9.79. The van der Waals surface area contributed by atoms with Crippen LogP contribution in [-0.2, 0) is 0 Å². The molecule has 30 heavy (non-hydrogen) atoms. The third kappa shape index (κ3) is 5.74. The lowest BCUT2D eigenvalue weighted by molar-refractivity contribution is 0.261.